The minimum absolute atomic E-state index is 0.132. The molecule has 3 atom stereocenters. The van der Waals surface area contributed by atoms with Crippen LogP contribution in [0.2, 0.25) is 0 Å². The van der Waals surface area contributed by atoms with Crippen molar-refractivity contribution in [3.05, 3.63) is 35.1 Å². The zero-order valence-corrected chi connectivity index (χ0v) is 18.6. The molecule has 2 rings (SSSR count). The maximum Gasteiger partial charge on any atom is 0.402 e. The first-order chi connectivity index (χ1) is 15.3. The zero-order chi connectivity index (χ0) is 25.0. The second-order valence-electron chi connectivity index (χ2n) is 8.70. The summed E-state index contributed by atoms with van der Waals surface area (Å²) >= 11 is 0. The molecule has 3 N–H and O–H groups in total. The summed E-state index contributed by atoms with van der Waals surface area (Å²) in [6.07, 6.45) is -4.22. The molecular weight excluding hydrogens is 452 g/mol. The molecule has 0 bridgehead atoms. The van der Waals surface area contributed by atoms with E-state index in [2.05, 4.69) is 5.32 Å². The van der Waals surface area contributed by atoms with Crippen LogP contribution in [-0.2, 0) is 16.0 Å². The number of alkyl halides is 3. The quantitative estimate of drug-likeness (QED) is 0.416. The number of nitrogens with two attached hydrogens (primary N) is 1. The summed E-state index contributed by atoms with van der Waals surface area (Å²) in [5, 5.41) is 2.34. The fraction of sp³-hybridized carbons (Fsp3) is 0.636. The van der Waals surface area contributed by atoms with Crippen molar-refractivity contribution in [2.45, 2.75) is 70.6 Å². The lowest BCUT2D eigenvalue weighted by molar-refractivity contribution is -0.218. The van der Waals surface area contributed by atoms with Crippen molar-refractivity contribution >= 4 is 11.8 Å². The van der Waals surface area contributed by atoms with Gasteiger partial charge in [-0.05, 0) is 44.2 Å². The summed E-state index contributed by atoms with van der Waals surface area (Å²) in [6, 6.07) is -0.276. The van der Waals surface area contributed by atoms with Gasteiger partial charge >= 0.3 is 6.18 Å². The average molecular weight is 481 g/mol. The van der Waals surface area contributed by atoms with Crippen LogP contribution >= 0.6 is 0 Å². The minimum atomic E-state index is -4.71. The predicted molar refractivity (Wildman–Crippen MR) is 109 cm³/mol. The molecule has 2 unspecified atom stereocenters. The Morgan fingerprint density at radius 1 is 1.18 bits per heavy atom. The lowest BCUT2D eigenvalue weighted by atomic mass is 9.83. The van der Waals surface area contributed by atoms with E-state index < -0.39 is 52.9 Å². The molecule has 1 heterocycles. The fourth-order valence-electron chi connectivity index (χ4n) is 4.08. The van der Waals surface area contributed by atoms with Gasteiger partial charge in [0.15, 0.2) is 11.6 Å². The van der Waals surface area contributed by atoms with Gasteiger partial charge in [-0.25, -0.2) is 13.2 Å². The molecule has 0 radical (unpaired) electrons. The van der Waals surface area contributed by atoms with E-state index in [0.29, 0.717) is 31.5 Å². The molecule has 0 aromatic heterocycles. The molecule has 1 saturated heterocycles. The van der Waals surface area contributed by atoms with Crippen LogP contribution in [0.15, 0.2) is 12.1 Å². The van der Waals surface area contributed by atoms with Crippen molar-refractivity contribution < 1.29 is 35.9 Å². The molecule has 11 heteroatoms. The maximum atomic E-state index is 13.8. The first kappa shape index (κ1) is 26.9. The van der Waals surface area contributed by atoms with E-state index in [1.54, 1.807) is 6.92 Å². The second kappa shape index (κ2) is 10.8. The van der Waals surface area contributed by atoms with Crippen LogP contribution in [0.4, 0.5) is 26.3 Å². The van der Waals surface area contributed by atoms with Gasteiger partial charge in [0.25, 0.3) is 0 Å². The smallest absolute Gasteiger partial charge is 0.353 e. The van der Waals surface area contributed by atoms with Crippen molar-refractivity contribution in [2.24, 2.45) is 11.1 Å². The van der Waals surface area contributed by atoms with Gasteiger partial charge in [-0.1, -0.05) is 13.3 Å². The Kier molecular flexibility index (Phi) is 8.78. The number of hydrogen-bond donors (Lipinski definition) is 2. The monoisotopic (exact) mass is 481 g/mol. The number of nitrogens with zero attached hydrogens (tertiary/aromatic N) is 1. The molecule has 33 heavy (non-hydrogen) atoms. The van der Waals surface area contributed by atoms with Gasteiger partial charge in [-0.3, -0.25) is 9.59 Å². The van der Waals surface area contributed by atoms with Crippen molar-refractivity contribution in [1.29, 1.82) is 0 Å². The van der Waals surface area contributed by atoms with Crippen LogP contribution in [0.3, 0.4) is 0 Å². The molecule has 0 aliphatic carbocycles. The fourth-order valence-corrected chi connectivity index (χ4v) is 4.08. The number of hydrogen-bond acceptors (Lipinski definition) is 3. The maximum absolute atomic E-state index is 13.8. The topological polar surface area (TPSA) is 75.4 Å². The van der Waals surface area contributed by atoms with Gasteiger partial charge in [-0.2, -0.15) is 13.2 Å². The molecule has 1 aromatic carbocycles. The number of halogens is 6. The summed E-state index contributed by atoms with van der Waals surface area (Å²) in [5.74, 6) is -5.08. The molecular formula is C22H29F6N3O2. The number of rotatable bonds is 9. The number of carbonyl (C=O) groups excluding carboxylic acids is 2. The third-order valence-corrected chi connectivity index (χ3v) is 6.08. The van der Waals surface area contributed by atoms with Gasteiger partial charge < -0.3 is 16.0 Å². The molecule has 5 nitrogen and oxygen atoms in total. The second-order valence-corrected chi connectivity index (χ2v) is 8.70. The Morgan fingerprint density at radius 3 is 2.42 bits per heavy atom. The van der Waals surface area contributed by atoms with E-state index in [9.17, 15) is 35.9 Å². The van der Waals surface area contributed by atoms with E-state index in [4.69, 9.17) is 5.73 Å². The Labute approximate surface area is 188 Å². The first-order valence-corrected chi connectivity index (χ1v) is 10.8. The van der Waals surface area contributed by atoms with Gasteiger partial charge in [0, 0.05) is 37.7 Å². The van der Waals surface area contributed by atoms with Crippen molar-refractivity contribution in [2.75, 3.05) is 13.1 Å². The van der Waals surface area contributed by atoms with Crippen LogP contribution in [-0.4, -0.2) is 48.1 Å². The largest absolute Gasteiger partial charge is 0.402 e. The summed E-state index contributed by atoms with van der Waals surface area (Å²) in [4.78, 5) is 26.5. The predicted octanol–water partition coefficient (Wildman–Crippen LogP) is 3.84. The Balaban J connectivity index is 1.97. The summed E-state index contributed by atoms with van der Waals surface area (Å²) in [5.41, 5.74) is 3.23. The number of benzene rings is 1. The molecule has 0 spiro atoms. The molecule has 2 amide bonds. The van der Waals surface area contributed by atoms with Gasteiger partial charge in [0.1, 0.15) is 11.2 Å². The Morgan fingerprint density at radius 2 is 1.82 bits per heavy atom. The van der Waals surface area contributed by atoms with Crippen LogP contribution in [0, 0.1) is 22.9 Å². The SMILES string of the molecule is CCCC(C)(C(=O)NC[C@@H]1CCCN1C(=O)CC(N)Cc1cc(F)c(F)cc1F)C(F)(F)F. The number of nitrogens with one attached hydrogen (secondary N) is 1. The summed E-state index contributed by atoms with van der Waals surface area (Å²) in [7, 11) is 0. The van der Waals surface area contributed by atoms with Crippen LogP contribution in [0.5, 0.6) is 0 Å². The lowest BCUT2D eigenvalue weighted by Gasteiger charge is -2.32. The number of carbonyl (C=O) groups is 2. The van der Waals surface area contributed by atoms with E-state index in [1.165, 1.54) is 4.90 Å². The van der Waals surface area contributed by atoms with Crippen molar-refractivity contribution in [1.82, 2.24) is 10.2 Å². The van der Waals surface area contributed by atoms with Crippen molar-refractivity contribution in [3.8, 4) is 0 Å². The molecule has 186 valence electrons. The standard InChI is InChI=1S/C22H29F6N3O2/c1-3-6-21(2,22(26,27)28)20(33)30-12-15-5-4-7-31(15)19(32)10-14(29)8-13-9-17(24)18(25)11-16(13)23/h9,11,14-15H,3-8,10,12,29H2,1-2H3,(H,30,33)/t14?,15-,21?/m0/s1. The number of amides is 2. The average Bonchev–Trinajstić information content (AvgIpc) is 3.18. The Bertz CT molecular complexity index is 863. The zero-order valence-electron chi connectivity index (χ0n) is 18.6. The Hall–Kier alpha value is -2.30. The number of likely N-dealkylation sites (tertiary alicyclic amines) is 1. The molecule has 1 aliphatic heterocycles. The molecule has 1 aliphatic rings. The van der Waals surface area contributed by atoms with E-state index >= 15 is 0 Å². The summed E-state index contributed by atoms with van der Waals surface area (Å²) in [6.45, 7) is 2.63. The summed E-state index contributed by atoms with van der Waals surface area (Å²) < 4.78 is 80.6. The first-order valence-electron chi connectivity index (χ1n) is 10.8. The van der Waals surface area contributed by atoms with Crippen molar-refractivity contribution in [3.63, 3.8) is 0 Å². The molecule has 1 aromatic rings. The van der Waals surface area contributed by atoms with E-state index in [0.717, 1.165) is 6.92 Å². The molecule has 0 saturated carbocycles. The normalized spacial score (nSPS) is 19.3. The van der Waals surface area contributed by atoms with Crippen LogP contribution < -0.4 is 11.1 Å². The highest BCUT2D eigenvalue weighted by atomic mass is 19.4. The van der Waals surface area contributed by atoms with E-state index in [1.807, 2.05) is 0 Å². The highest BCUT2D eigenvalue weighted by Crippen LogP contribution is 2.42. The third-order valence-electron chi connectivity index (χ3n) is 6.08. The van der Waals surface area contributed by atoms with Crippen LogP contribution in [0.25, 0.3) is 0 Å². The lowest BCUT2D eigenvalue weighted by Crippen LogP contribution is -2.52. The molecule has 1 fully saturated rings. The third kappa shape index (κ3) is 6.39. The van der Waals surface area contributed by atoms with Gasteiger partial charge in [0.2, 0.25) is 11.8 Å². The highest BCUT2D eigenvalue weighted by Gasteiger charge is 2.55. The van der Waals surface area contributed by atoms with Gasteiger partial charge in [0.05, 0.1) is 0 Å². The minimum Gasteiger partial charge on any atom is -0.353 e. The van der Waals surface area contributed by atoms with Crippen LogP contribution in [0.1, 0.15) is 51.5 Å². The van der Waals surface area contributed by atoms with E-state index in [-0.39, 0.29) is 37.8 Å². The highest BCUT2D eigenvalue weighted by molar-refractivity contribution is 5.83. The van der Waals surface area contributed by atoms with Gasteiger partial charge in [-0.15, -0.1) is 0 Å².